The lowest BCUT2D eigenvalue weighted by molar-refractivity contribution is 0.253. The van der Waals surface area contributed by atoms with Gasteiger partial charge in [-0.3, -0.25) is 0 Å². The van der Waals surface area contributed by atoms with Crippen LogP contribution in [0.4, 0.5) is 0 Å². The van der Waals surface area contributed by atoms with Crippen molar-refractivity contribution in [3.05, 3.63) is 35.4 Å². The molecular weight excluding hydrogens is 172 g/mol. The molecule has 14 heavy (non-hydrogen) atoms. The number of hydrogen-bond acceptors (Lipinski definition) is 2. The number of nitriles is 1. The Morgan fingerprint density at radius 1 is 1.43 bits per heavy atom. The predicted molar refractivity (Wildman–Crippen MR) is 55.5 cm³/mol. The Kier molecular flexibility index (Phi) is 2.26. The van der Waals surface area contributed by atoms with Crippen LogP contribution in [0, 0.1) is 11.3 Å². The van der Waals surface area contributed by atoms with Gasteiger partial charge in [-0.2, -0.15) is 5.26 Å². The van der Waals surface area contributed by atoms with E-state index in [9.17, 15) is 0 Å². The van der Waals surface area contributed by atoms with Crippen molar-refractivity contribution in [2.24, 2.45) is 5.73 Å². The van der Waals surface area contributed by atoms with Crippen molar-refractivity contribution in [1.29, 1.82) is 5.26 Å². The largest absolute Gasteiger partial charge is 0.321 e. The van der Waals surface area contributed by atoms with Gasteiger partial charge < -0.3 is 5.73 Å². The highest BCUT2D eigenvalue weighted by molar-refractivity contribution is 5.32. The van der Waals surface area contributed by atoms with Crippen LogP contribution in [-0.2, 0) is 12.0 Å². The molecular formula is C12H14N2. The summed E-state index contributed by atoms with van der Waals surface area (Å²) in [6, 6.07) is 10.3. The highest BCUT2D eigenvalue weighted by Crippen LogP contribution is 2.38. The lowest BCUT2D eigenvalue weighted by atomic mass is 9.72. The van der Waals surface area contributed by atoms with Crippen molar-refractivity contribution < 1.29 is 0 Å². The molecule has 1 aromatic rings. The topological polar surface area (TPSA) is 49.8 Å². The minimum atomic E-state index is -0.106. The summed E-state index contributed by atoms with van der Waals surface area (Å²) >= 11 is 0. The first-order valence-corrected chi connectivity index (χ1v) is 5.00. The summed E-state index contributed by atoms with van der Waals surface area (Å²) in [4.78, 5) is 0. The minimum Gasteiger partial charge on any atom is -0.321 e. The first-order valence-electron chi connectivity index (χ1n) is 5.00. The molecule has 72 valence electrons. The first-order chi connectivity index (χ1) is 6.74. The van der Waals surface area contributed by atoms with Gasteiger partial charge in [0.05, 0.1) is 12.5 Å². The summed E-state index contributed by atoms with van der Waals surface area (Å²) in [5, 5.41) is 8.60. The van der Waals surface area contributed by atoms with E-state index in [0.717, 1.165) is 18.4 Å². The van der Waals surface area contributed by atoms with E-state index in [0.29, 0.717) is 6.42 Å². The second kappa shape index (κ2) is 3.43. The van der Waals surface area contributed by atoms with Crippen LogP contribution in [0.15, 0.2) is 24.3 Å². The van der Waals surface area contributed by atoms with Gasteiger partial charge in [-0.15, -0.1) is 0 Å². The number of nitrogens with two attached hydrogens (primary N) is 1. The molecule has 0 radical (unpaired) electrons. The normalized spacial score (nSPS) is 18.3. The van der Waals surface area contributed by atoms with Gasteiger partial charge in [-0.25, -0.2) is 0 Å². The number of rotatable bonds is 2. The smallest absolute Gasteiger partial charge is 0.0669 e. The Morgan fingerprint density at radius 3 is 2.79 bits per heavy atom. The number of nitrogens with zero attached hydrogens (tertiary/aromatic N) is 1. The van der Waals surface area contributed by atoms with Crippen molar-refractivity contribution in [2.45, 2.75) is 31.2 Å². The zero-order chi connectivity index (χ0) is 10.0. The maximum atomic E-state index is 8.60. The second-order valence-corrected chi connectivity index (χ2v) is 4.04. The Morgan fingerprint density at radius 2 is 2.21 bits per heavy atom. The monoisotopic (exact) mass is 186 g/mol. The molecule has 1 fully saturated rings. The first kappa shape index (κ1) is 9.23. The van der Waals surface area contributed by atoms with Crippen molar-refractivity contribution in [3.63, 3.8) is 0 Å². The summed E-state index contributed by atoms with van der Waals surface area (Å²) in [5.41, 5.74) is 8.36. The fourth-order valence-corrected chi connectivity index (χ4v) is 1.93. The maximum absolute atomic E-state index is 8.60. The molecule has 0 unspecified atom stereocenters. The third-order valence-electron chi connectivity index (χ3n) is 3.03. The SMILES string of the molecule is N#CCc1cccc(C2(N)CCC2)c1. The van der Waals surface area contributed by atoms with E-state index in [1.54, 1.807) is 0 Å². The van der Waals surface area contributed by atoms with E-state index in [-0.39, 0.29) is 5.54 Å². The highest BCUT2D eigenvalue weighted by Gasteiger charge is 2.34. The second-order valence-electron chi connectivity index (χ2n) is 4.04. The summed E-state index contributed by atoms with van der Waals surface area (Å²) in [7, 11) is 0. The molecule has 0 spiro atoms. The van der Waals surface area contributed by atoms with Gasteiger partial charge in [0.15, 0.2) is 0 Å². The molecule has 0 aliphatic heterocycles. The van der Waals surface area contributed by atoms with Crippen LogP contribution < -0.4 is 5.73 Å². The average molecular weight is 186 g/mol. The van der Waals surface area contributed by atoms with Crippen LogP contribution in [0.25, 0.3) is 0 Å². The zero-order valence-electron chi connectivity index (χ0n) is 8.16. The van der Waals surface area contributed by atoms with E-state index in [1.165, 1.54) is 12.0 Å². The Bertz CT molecular complexity index is 372. The maximum Gasteiger partial charge on any atom is 0.0669 e. The van der Waals surface area contributed by atoms with E-state index in [4.69, 9.17) is 11.0 Å². The molecule has 1 saturated carbocycles. The molecule has 0 heterocycles. The Labute approximate surface area is 84.3 Å². The molecule has 2 N–H and O–H groups in total. The van der Waals surface area contributed by atoms with E-state index in [1.807, 2.05) is 12.1 Å². The van der Waals surface area contributed by atoms with Gasteiger partial charge in [-0.1, -0.05) is 24.3 Å². The molecule has 2 heteroatoms. The minimum absolute atomic E-state index is 0.106. The van der Waals surface area contributed by atoms with Crippen LogP contribution in [0.3, 0.4) is 0 Å². The number of benzene rings is 1. The van der Waals surface area contributed by atoms with Crippen molar-refractivity contribution in [2.75, 3.05) is 0 Å². The average Bonchev–Trinajstić information content (AvgIpc) is 2.15. The van der Waals surface area contributed by atoms with Crippen molar-refractivity contribution in [3.8, 4) is 6.07 Å². The summed E-state index contributed by atoms with van der Waals surface area (Å²) in [6.07, 6.45) is 3.84. The fraction of sp³-hybridized carbons (Fsp3) is 0.417. The van der Waals surface area contributed by atoms with E-state index in [2.05, 4.69) is 18.2 Å². The molecule has 0 atom stereocenters. The van der Waals surface area contributed by atoms with Gasteiger partial charge in [0.2, 0.25) is 0 Å². The standard InChI is InChI=1S/C12H14N2/c13-8-5-10-3-1-4-11(9-10)12(14)6-2-7-12/h1,3-4,9H,2,5-7,14H2. The molecule has 2 nitrogen and oxygen atoms in total. The van der Waals surface area contributed by atoms with Gasteiger partial charge >= 0.3 is 0 Å². The Hall–Kier alpha value is -1.33. The molecule has 0 saturated heterocycles. The molecule has 0 amide bonds. The third-order valence-corrected chi connectivity index (χ3v) is 3.03. The van der Waals surface area contributed by atoms with E-state index < -0.39 is 0 Å². The van der Waals surface area contributed by atoms with E-state index >= 15 is 0 Å². The fourth-order valence-electron chi connectivity index (χ4n) is 1.93. The molecule has 1 aromatic carbocycles. The van der Waals surface area contributed by atoms with Crippen LogP contribution in [0.5, 0.6) is 0 Å². The van der Waals surface area contributed by atoms with Crippen molar-refractivity contribution in [1.82, 2.24) is 0 Å². The zero-order valence-corrected chi connectivity index (χ0v) is 8.16. The molecule has 1 aliphatic rings. The summed E-state index contributed by atoms with van der Waals surface area (Å²) in [5.74, 6) is 0. The lowest BCUT2D eigenvalue weighted by Crippen LogP contribution is -2.43. The van der Waals surface area contributed by atoms with Gasteiger partial charge in [0, 0.05) is 5.54 Å². The van der Waals surface area contributed by atoms with Crippen LogP contribution in [0.1, 0.15) is 30.4 Å². The summed E-state index contributed by atoms with van der Waals surface area (Å²) < 4.78 is 0. The highest BCUT2D eigenvalue weighted by atomic mass is 14.8. The van der Waals surface area contributed by atoms with Crippen LogP contribution in [-0.4, -0.2) is 0 Å². The quantitative estimate of drug-likeness (QED) is 0.768. The molecule has 0 bridgehead atoms. The van der Waals surface area contributed by atoms with Gasteiger partial charge in [-0.05, 0) is 30.4 Å². The van der Waals surface area contributed by atoms with Crippen LogP contribution >= 0.6 is 0 Å². The molecule has 1 aliphatic carbocycles. The number of hydrogen-bond donors (Lipinski definition) is 1. The van der Waals surface area contributed by atoms with Gasteiger partial charge in [0.1, 0.15) is 0 Å². The molecule has 0 aromatic heterocycles. The predicted octanol–water partition coefficient (Wildman–Crippen LogP) is 2.09. The lowest BCUT2D eigenvalue weighted by Gasteiger charge is -2.38. The van der Waals surface area contributed by atoms with Crippen molar-refractivity contribution >= 4 is 0 Å². The van der Waals surface area contributed by atoms with Gasteiger partial charge in [0.25, 0.3) is 0 Å². The Balaban J connectivity index is 2.26. The van der Waals surface area contributed by atoms with Crippen LogP contribution in [0.2, 0.25) is 0 Å². The molecule has 2 rings (SSSR count). The third kappa shape index (κ3) is 1.51. The summed E-state index contributed by atoms with van der Waals surface area (Å²) in [6.45, 7) is 0.